The summed E-state index contributed by atoms with van der Waals surface area (Å²) in [6.07, 6.45) is 6.55. The van der Waals surface area contributed by atoms with E-state index < -0.39 is 0 Å². The fourth-order valence-corrected chi connectivity index (χ4v) is 2.12. The van der Waals surface area contributed by atoms with Gasteiger partial charge in [-0.05, 0) is 0 Å². The second kappa shape index (κ2) is 6.36. The SMILES string of the molecule is COCCNc1nccn1CCc1nccs1. The Morgan fingerprint density at radius 1 is 1.41 bits per heavy atom. The molecular weight excluding hydrogens is 236 g/mol. The third-order valence-electron chi connectivity index (χ3n) is 2.35. The van der Waals surface area contributed by atoms with Crippen LogP contribution in [0.1, 0.15) is 5.01 Å². The molecule has 2 aromatic rings. The molecule has 0 radical (unpaired) electrons. The fourth-order valence-electron chi connectivity index (χ4n) is 1.51. The van der Waals surface area contributed by atoms with Crippen molar-refractivity contribution in [2.75, 3.05) is 25.6 Å². The number of imidazole rings is 1. The van der Waals surface area contributed by atoms with Crippen molar-refractivity contribution in [3.8, 4) is 0 Å². The molecule has 0 saturated carbocycles. The van der Waals surface area contributed by atoms with Crippen LogP contribution >= 0.6 is 11.3 Å². The summed E-state index contributed by atoms with van der Waals surface area (Å²) in [6, 6.07) is 0. The van der Waals surface area contributed by atoms with Crippen molar-refractivity contribution in [3.05, 3.63) is 29.0 Å². The Bertz CT molecular complexity index is 426. The van der Waals surface area contributed by atoms with E-state index in [1.807, 2.05) is 17.8 Å². The number of hydrogen-bond donors (Lipinski definition) is 1. The number of aryl methyl sites for hydroxylation is 2. The summed E-state index contributed by atoms with van der Waals surface area (Å²) < 4.78 is 7.09. The van der Waals surface area contributed by atoms with Gasteiger partial charge in [0.1, 0.15) is 0 Å². The number of anilines is 1. The number of hydrogen-bond acceptors (Lipinski definition) is 5. The molecule has 6 heteroatoms. The van der Waals surface area contributed by atoms with E-state index in [9.17, 15) is 0 Å². The maximum atomic E-state index is 4.99. The van der Waals surface area contributed by atoms with Crippen molar-refractivity contribution in [1.82, 2.24) is 14.5 Å². The lowest BCUT2D eigenvalue weighted by Crippen LogP contribution is -2.13. The molecule has 0 aliphatic heterocycles. The normalized spacial score (nSPS) is 10.6. The number of rotatable bonds is 7. The van der Waals surface area contributed by atoms with Gasteiger partial charge in [-0.3, -0.25) is 0 Å². The van der Waals surface area contributed by atoms with Crippen molar-refractivity contribution < 1.29 is 4.74 Å². The van der Waals surface area contributed by atoms with Gasteiger partial charge in [0, 0.05) is 50.6 Å². The number of nitrogens with zero attached hydrogens (tertiary/aromatic N) is 3. The van der Waals surface area contributed by atoms with E-state index in [1.165, 1.54) is 0 Å². The minimum atomic E-state index is 0.680. The van der Waals surface area contributed by atoms with E-state index in [0.29, 0.717) is 6.61 Å². The first-order valence-electron chi connectivity index (χ1n) is 5.52. The largest absolute Gasteiger partial charge is 0.383 e. The van der Waals surface area contributed by atoms with Gasteiger partial charge in [0.15, 0.2) is 0 Å². The van der Waals surface area contributed by atoms with E-state index >= 15 is 0 Å². The molecular formula is C11H16N4OS. The molecule has 0 spiro atoms. The summed E-state index contributed by atoms with van der Waals surface area (Å²) in [7, 11) is 1.69. The molecule has 0 atom stereocenters. The Balaban J connectivity index is 1.85. The van der Waals surface area contributed by atoms with Crippen LogP contribution in [0.15, 0.2) is 24.0 Å². The Morgan fingerprint density at radius 2 is 2.35 bits per heavy atom. The monoisotopic (exact) mass is 252 g/mol. The maximum absolute atomic E-state index is 4.99. The fraction of sp³-hybridized carbons (Fsp3) is 0.455. The van der Waals surface area contributed by atoms with E-state index in [2.05, 4.69) is 19.9 Å². The van der Waals surface area contributed by atoms with Crippen LogP contribution in [-0.2, 0) is 17.7 Å². The standard InChI is InChI=1S/C11H16N4OS/c1-16-8-4-14-11-13-3-7-15(11)6-2-10-12-5-9-17-10/h3,5,7,9H,2,4,6,8H2,1H3,(H,13,14). The maximum Gasteiger partial charge on any atom is 0.202 e. The first-order valence-corrected chi connectivity index (χ1v) is 6.40. The molecule has 0 bridgehead atoms. The zero-order chi connectivity index (χ0) is 11.9. The molecule has 0 fully saturated rings. The van der Waals surface area contributed by atoms with Crippen molar-refractivity contribution in [3.63, 3.8) is 0 Å². The first kappa shape index (κ1) is 12.1. The smallest absolute Gasteiger partial charge is 0.202 e. The van der Waals surface area contributed by atoms with Gasteiger partial charge in [-0.1, -0.05) is 0 Å². The van der Waals surface area contributed by atoms with Gasteiger partial charge in [-0.25, -0.2) is 9.97 Å². The first-order chi connectivity index (χ1) is 8.40. The van der Waals surface area contributed by atoms with Crippen LogP contribution in [0.25, 0.3) is 0 Å². The molecule has 0 aliphatic rings. The summed E-state index contributed by atoms with van der Waals surface area (Å²) >= 11 is 1.69. The molecule has 2 rings (SSSR count). The van der Waals surface area contributed by atoms with E-state index in [1.54, 1.807) is 24.6 Å². The number of nitrogens with one attached hydrogen (secondary N) is 1. The molecule has 5 nitrogen and oxygen atoms in total. The molecule has 1 N–H and O–H groups in total. The van der Waals surface area contributed by atoms with Crippen LogP contribution in [0.4, 0.5) is 5.95 Å². The van der Waals surface area contributed by atoms with Crippen molar-refractivity contribution >= 4 is 17.3 Å². The summed E-state index contributed by atoms with van der Waals surface area (Å²) in [5.41, 5.74) is 0. The van der Waals surface area contributed by atoms with Gasteiger partial charge in [0.25, 0.3) is 0 Å². The second-order valence-corrected chi connectivity index (χ2v) is 4.52. The number of ether oxygens (including phenoxy) is 1. The topological polar surface area (TPSA) is 52.0 Å². The highest BCUT2D eigenvalue weighted by atomic mass is 32.1. The average molecular weight is 252 g/mol. The Kier molecular flexibility index (Phi) is 4.52. The predicted molar refractivity (Wildman–Crippen MR) is 68.4 cm³/mol. The summed E-state index contributed by atoms with van der Waals surface area (Å²) in [6.45, 7) is 2.34. The number of thiazole rings is 1. The van der Waals surface area contributed by atoms with Gasteiger partial charge in [0.05, 0.1) is 11.6 Å². The van der Waals surface area contributed by atoms with Crippen LogP contribution in [0.3, 0.4) is 0 Å². The highest BCUT2D eigenvalue weighted by molar-refractivity contribution is 7.09. The summed E-state index contributed by atoms with van der Waals surface area (Å²) in [5.74, 6) is 0.888. The second-order valence-electron chi connectivity index (χ2n) is 3.54. The van der Waals surface area contributed by atoms with Crippen molar-refractivity contribution in [2.45, 2.75) is 13.0 Å². The van der Waals surface area contributed by atoms with Crippen LogP contribution < -0.4 is 5.32 Å². The minimum Gasteiger partial charge on any atom is -0.383 e. The van der Waals surface area contributed by atoms with Crippen LogP contribution in [-0.4, -0.2) is 34.8 Å². The molecule has 0 unspecified atom stereocenters. The summed E-state index contributed by atoms with van der Waals surface area (Å²) in [4.78, 5) is 8.53. The molecule has 2 aromatic heterocycles. The zero-order valence-corrected chi connectivity index (χ0v) is 10.6. The summed E-state index contributed by atoms with van der Waals surface area (Å²) in [5, 5.41) is 6.39. The van der Waals surface area contributed by atoms with Gasteiger partial charge >= 0.3 is 0 Å². The third kappa shape index (κ3) is 3.54. The number of methoxy groups -OCH3 is 1. The minimum absolute atomic E-state index is 0.680. The molecule has 17 heavy (non-hydrogen) atoms. The van der Waals surface area contributed by atoms with Gasteiger partial charge in [0.2, 0.25) is 5.95 Å². The molecule has 0 aliphatic carbocycles. The Labute approximate surface area is 104 Å². The Hall–Kier alpha value is -1.40. The van der Waals surface area contributed by atoms with Crippen LogP contribution in [0, 0.1) is 0 Å². The van der Waals surface area contributed by atoms with Crippen LogP contribution in [0.2, 0.25) is 0 Å². The quantitative estimate of drug-likeness (QED) is 0.761. The van der Waals surface area contributed by atoms with E-state index in [4.69, 9.17) is 4.74 Å². The van der Waals surface area contributed by atoms with Gasteiger partial charge in [-0.15, -0.1) is 11.3 Å². The zero-order valence-electron chi connectivity index (χ0n) is 9.80. The van der Waals surface area contributed by atoms with Crippen LogP contribution in [0.5, 0.6) is 0 Å². The molecule has 2 heterocycles. The Morgan fingerprint density at radius 3 is 3.12 bits per heavy atom. The van der Waals surface area contributed by atoms with Crippen molar-refractivity contribution in [1.29, 1.82) is 0 Å². The average Bonchev–Trinajstić information content (AvgIpc) is 2.97. The molecule has 0 saturated heterocycles. The molecule has 0 aromatic carbocycles. The van der Waals surface area contributed by atoms with Crippen molar-refractivity contribution in [2.24, 2.45) is 0 Å². The third-order valence-corrected chi connectivity index (χ3v) is 3.19. The lowest BCUT2D eigenvalue weighted by Gasteiger charge is -2.08. The van der Waals surface area contributed by atoms with E-state index in [0.717, 1.165) is 30.5 Å². The highest BCUT2D eigenvalue weighted by Gasteiger charge is 2.02. The highest BCUT2D eigenvalue weighted by Crippen LogP contribution is 2.09. The van der Waals surface area contributed by atoms with E-state index in [-0.39, 0.29) is 0 Å². The lowest BCUT2D eigenvalue weighted by molar-refractivity contribution is 0.210. The molecule has 0 amide bonds. The lowest BCUT2D eigenvalue weighted by atomic mass is 10.4. The molecule has 92 valence electrons. The van der Waals surface area contributed by atoms with Gasteiger partial charge in [-0.2, -0.15) is 0 Å². The predicted octanol–water partition coefficient (Wildman–Crippen LogP) is 1.64. The number of aromatic nitrogens is 3. The van der Waals surface area contributed by atoms with Gasteiger partial charge < -0.3 is 14.6 Å².